The molecule has 3 atom stereocenters. The van der Waals surface area contributed by atoms with Crippen molar-refractivity contribution in [2.75, 3.05) is 0 Å². The molecule has 118 valence electrons. The number of aliphatic hydroxyl groups is 1. The highest BCUT2D eigenvalue weighted by Crippen LogP contribution is 2.38. The molecule has 0 saturated heterocycles. The third-order valence-corrected chi connectivity index (χ3v) is 5.86. The van der Waals surface area contributed by atoms with Crippen molar-refractivity contribution in [2.45, 2.75) is 44.8 Å². The number of nitriles is 1. The number of aliphatic hydroxyl groups excluding tert-OH is 1. The second kappa shape index (κ2) is 5.59. The summed E-state index contributed by atoms with van der Waals surface area (Å²) in [5.74, 6) is 1.08. The molecule has 3 aromatic rings. The number of aromatic nitrogens is 3. The second-order valence-electron chi connectivity index (χ2n) is 6.31. The molecule has 23 heavy (non-hydrogen) atoms. The Morgan fingerprint density at radius 2 is 2.30 bits per heavy atom. The molecule has 3 aromatic heterocycles. The summed E-state index contributed by atoms with van der Waals surface area (Å²) in [5.41, 5.74) is 3.06. The molecule has 0 radical (unpaired) electrons. The molecule has 0 unspecified atom stereocenters. The lowest BCUT2D eigenvalue weighted by Crippen LogP contribution is -2.31. The van der Waals surface area contributed by atoms with Crippen molar-refractivity contribution in [3.05, 3.63) is 23.5 Å². The molecule has 6 heteroatoms. The van der Waals surface area contributed by atoms with Gasteiger partial charge in [0.2, 0.25) is 0 Å². The van der Waals surface area contributed by atoms with Crippen LogP contribution in [0.1, 0.15) is 37.5 Å². The summed E-state index contributed by atoms with van der Waals surface area (Å²) in [5, 5.41) is 21.4. The minimum Gasteiger partial charge on any atom is -0.393 e. The summed E-state index contributed by atoms with van der Waals surface area (Å²) in [6, 6.07) is 4.46. The Bertz CT molecular complexity index is 906. The van der Waals surface area contributed by atoms with E-state index in [-0.39, 0.29) is 12.0 Å². The zero-order chi connectivity index (χ0) is 16.0. The Morgan fingerprint density at radius 1 is 1.43 bits per heavy atom. The first kappa shape index (κ1) is 14.6. The molecule has 3 heterocycles. The van der Waals surface area contributed by atoms with Gasteiger partial charge in [-0.1, -0.05) is 0 Å². The minimum atomic E-state index is -0.411. The zero-order valence-electron chi connectivity index (χ0n) is 12.9. The summed E-state index contributed by atoms with van der Waals surface area (Å²) in [4.78, 5) is 9.14. The number of rotatable bonds is 2. The van der Waals surface area contributed by atoms with Crippen LogP contribution in [0.3, 0.4) is 0 Å². The van der Waals surface area contributed by atoms with E-state index in [2.05, 4.69) is 26.0 Å². The number of imidazole rings is 1. The third-order valence-electron chi connectivity index (χ3n) is 4.95. The van der Waals surface area contributed by atoms with Crippen LogP contribution in [0.4, 0.5) is 0 Å². The number of pyridine rings is 1. The number of aryl methyl sites for hydroxylation is 1. The van der Waals surface area contributed by atoms with Crippen LogP contribution in [-0.4, -0.2) is 25.7 Å². The van der Waals surface area contributed by atoms with Crippen LogP contribution in [0.15, 0.2) is 17.6 Å². The molecule has 0 aromatic carbocycles. The molecule has 1 fully saturated rings. The van der Waals surface area contributed by atoms with Crippen LogP contribution in [0.2, 0.25) is 0 Å². The summed E-state index contributed by atoms with van der Waals surface area (Å²) in [7, 11) is 0. The number of thiophene rings is 1. The number of nitrogens with zero attached hydrogens (tertiary/aromatic N) is 4. The van der Waals surface area contributed by atoms with Crippen LogP contribution >= 0.6 is 11.3 Å². The molecule has 1 N–H and O–H groups in total. The van der Waals surface area contributed by atoms with E-state index in [1.807, 2.05) is 19.2 Å². The van der Waals surface area contributed by atoms with E-state index in [0.717, 1.165) is 39.9 Å². The van der Waals surface area contributed by atoms with Gasteiger partial charge in [0.25, 0.3) is 0 Å². The van der Waals surface area contributed by atoms with Crippen molar-refractivity contribution in [1.29, 1.82) is 5.26 Å². The first-order valence-corrected chi connectivity index (χ1v) is 8.82. The van der Waals surface area contributed by atoms with Gasteiger partial charge in [-0.2, -0.15) is 5.26 Å². The minimum absolute atomic E-state index is 0.106. The smallest absolute Gasteiger partial charge is 0.109 e. The lowest BCUT2D eigenvalue weighted by Gasteiger charge is -2.33. The van der Waals surface area contributed by atoms with E-state index in [0.29, 0.717) is 12.8 Å². The van der Waals surface area contributed by atoms with Gasteiger partial charge in [-0.3, -0.25) is 4.98 Å². The van der Waals surface area contributed by atoms with Crippen molar-refractivity contribution in [3.8, 4) is 6.07 Å². The average molecular weight is 326 g/mol. The normalized spacial score (nSPS) is 25.0. The molecule has 1 saturated carbocycles. The van der Waals surface area contributed by atoms with Crippen LogP contribution in [0.5, 0.6) is 0 Å². The second-order valence-corrected chi connectivity index (χ2v) is 7.23. The van der Waals surface area contributed by atoms with Crippen molar-refractivity contribution in [1.82, 2.24) is 14.5 Å². The zero-order valence-corrected chi connectivity index (χ0v) is 13.8. The Hall–Kier alpha value is -1.97. The fourth-order valence-electron chi connectivity index (χ4n) is 3.82. The molecule has 0 aliphatic heterocycles. The van der Waals surface area contributed by atoms with Crippen molar-refractivity contribution >= 4 is 32.6 Å². The highest BCUT2D eigenvalue weighted by Gasteiger charge is 2.31. The van der Waals surface area contributed by atoms with Gasteiger partial charge in [0.1, 0.15) is 11.3 Å². The van der Waals surface area contributed by atoms with Gasteiger partial charge >= 0.3 is 0 Å². The summed E-state index contributed by atoms with van der Waals surface area (Å²) in [6.07, 6.45) is 4.42. The lowest BCUT2D eigenvalue weighted by molar-refractivity contribution is 0.0501. The van der Waals surface area contributed by atoms with E-state index in [4.69, 9.17) is 5.26 Å². The van der Waals surface area contributed by atoms with Gasteiger partial charge < -0.3 is 9.67 Å². The van der Waals surface area contributed by atoms with E-state index < -0.39 is 6.10 Å². The van der Waals surface area contributed by atoms with E-state index in [1.54, 1.807) is 11.3 Å². The van der Waals surface area contributed by atoms with Gasteiger partial charge in [0.15, 0.2) is 0 Å². The van der Waals surface area contributed by atoms with Crippen LogP contribution < -0.4 is 0 Å². The Balaban J connectivity index is 1.79. The standard InChI is InChI=1S/C17H18N4OS/c1-10-20-14-9-19-13-5-7-23-17(13)16(14)21(10)12-3-2-11(4-6-18)15(22)8-12/h5,7,9,11-12,15,22H,2-4,8H2,1H3/t11-,12+,15-/m0/s1. The van der Waals surface area contributed by atoms with E-state index in [1.165, 1.54) is 0 Å². The van der Waals surface area contributed by atoms with Crippen LogP contribution in [0.25, 0.3) is 21.3 Å². The maximum Gasteiger partial charge on any atom is 0.109 e. The quantitative estimate of drug-likeness (QED) is 0.781. The molecule has 1 aliphatic carbocycles. The van der Waals surface area contributed by atoms with Gasteiger partial charge in [0.05, 0.1) is 34.1 Å². The fourth-order valence-corrected chi connectivity index (χ4v) is 4.71. The monoisotopic (exact) mass is 326 g/mol. The summed E-state index contributed by atoms with van der Waals surface area (Å²) >= 11 is 1.69. The van der Waals surface area contributed by atoms with Gasteiger partial charge in [-0.25, -0.2) is 4.98 Å². The summed E-state index contributed by atoms with van der Waals surface area (Å²) in [6.45, 7) is 2.02. The SMILES string of the molecule is Cc1nc2cnc3ccsc3c2n1[C@@H]1CC[C@@H](CC#N)[C@@H](O)C1. The Morgan fingerprint density at radius 3 is 3.09 bits per heavy atom. The third kappa shape index (κ3) is 2.32. The molecule has 0 spiro atoms. The average Bonchev–Trinajstić information content (AvgIpc) is 3.12. The molecule has 0 bridgehead atoms. The lowest BCUT2D eigenvalue weighted by atomic mass is 9.82. The van der Waals surface area contributed by atoms with Gasteiger partial charge in [-0.15, -0.1) is 11.3 Å². The van der Waals surface area contributed by atoms with Crippen molar-refractivity contribution < 1.29 is 5.11 Å². The predicted molar refractivity (Wildman–Crippen MR) is 90.3 cm³/mol. The van der Waals surface area contributed by atoms with Gasteiger partial charge in [0, 0.05) is 12.5 Å². The highest BCUT2D eigenvalue weighted by molar-refractivity contribution is 7.18. The molecular weight excluding hydrogens is 308 g/mol. The number of fused-ring (bicyclic) bond motifs is 3. The van der Waals surface area contributed by atoms with Crippen molar-refractivity contribution in [3.63, 3.8) is 0 Å². The molecule has 1 aliphatic rings. The Labute approximate surface area is 138 Å². The predicted octanol–water partition coefficient (Wildman–Crippen LogP) is 3.57. The molecular formula is C17H18N4OS. The largest absolute Gasteiger partial charge is 0.393 e. The van der Waals surface area contributed by atoms with Gasteiger partial charge in [-0.05, 0) is 43.6 Å². The first-order valence-electron chi connectivity index (χ1n) is 7.94. The Kier molecular flexibility index (Phi) is 3.55. The molecule has 0 amide bonds. The maximum absolute atomic E-state index is 10.4. The number of hydrogen-bond donors (Lipinski definition) is 1. The molecule has 4 rings (SSSR count). The van der Waals surface area contributed by atoms with Crippen LogP contribution in [0, 0.1) is 24.2 Å². The van der Waals surface area contributed by atoms with E-state index >= 15 is 0 Å². The van der Waals surface area contributed by atoms with Crippen LogP contribution in [-0.2, 0) is 0 Å². The topological polar surface area (TPSA) is 74.7 Å². The maximum atomic E-state index is 10.4. The van der Waals surface area contributed by atoms with Crippen molar-refractivity contribution in [2.24, 2.45) is 5.92 Å². The first-order chi connectivity index (χ1) is 11.2. The fraction of sp³-hybridized carbons (Fsp3) is 0.471. The molecule has 5 nitrogen and oxygen atoms in total. The highest BCUT2D eigenvalue weighted by atomic mass is 32.1. The summed E-state index contributed by atoms with van der Waals surface area (Å²) < 4.78 is 3.44. The number of hydrogen-bond acceptors (Lipinski definition) is 5. The van der Waals surface area contributed by atoms with E-state index in [9.17, 15) is 5.11 Å².